The van der Waals surface area contributed by atoms with Crippen LogP contribution in [-0.2, 0) is 16.1 Å². The minimum atomic E-state index is -0.155. The second kappa shape index (κ2) is 8.77. The maximum absolute atomic E-state index is 11.9. The normalized spacial score (nSPS) is 21.7. The molecule has 23 heavy (non-hydrogen) atoms. The number of halogens is 1. The zero-order chi connectivity index (χ0) is 16.7. The van der Waals surface area contributed by atoms with Crippen LogP contribution in [0.5, 0.6) is 0 Å². The highest BCUT2D eigenvalue weighted by atomic mass is 35.5. The van der Waals surface area contributed by atoms with Crippen molar-refractivity contribution in [3.05, 3.63) is 34.9 Å². The molecule has 0 unspecified atom stereocenters. The molecule has 0 bridgehead atoms. The zero-order valence-electron chi connectivity index (χ0n) is 13.4. The lowest BCUT2D eigenvalue weighted by molar-refractivity contribution is -0.126. The quantitative estimate of drug-likeness (QED) is 0.476. The van der Waals surface area contributed by atoms with E-state index in [2.05, 4.69) is 17.4 Å². The fourth-order valence-corrected chi connectivity index (χ4v) is 3.02. The molecule has 0 heterocycles. The number of amidine groups is 1. The summed E-state index contributed by atoms with van der Waals surface area (Å²) in [5.41, 5.74) is 6.68. The van der Waals surface area contributed by atoms with Gasteiger partial charge in [0.2, 0.25) is 0 Å². The molecule has 0 aromatic heterocycles. The van der Waals surface area contributed by atoms with Gasteiger partial charge >= 0.3 is 0 Å². The first-order valence-electron chi connectivity index (χ1n) is 8.03. The molecule has 0 saturated heterocycles. The van der Waals surface area contributed by atoms with Crippen molar-refractivity contribution in [3.8, 4) is 0 Å². The average molecular weight is 338 g/mol. The Morgan fingerprint density at radius 3 is 2.87 bits per heavy atom. The van der Waals surface area contributed by atoms with E-state index in [0.717, 1.165) is 18.4 Å². The van der Waals surface area contributed by atoms with Crippen molar-refractivity contribution in [1.29, 1.82) is 0 Å². The summed E-state index contributed by atoms with van der Waals surface area (Å²) in [6.45, 7) is 2.05. The van der Waals surface area contributed by atoms with Crippen LogP contribution < -0.4 is 11.1 Å². The fourth-order valence-electron chi connectivity index (χ4n) is 2.82. The minimum Gasteiger partial charge on any atom is -0.384 e. The van der Waals surface area contributed by atoms with Gasteiger partial charge in [-0.1, -0.05) is 54.7 Å². The van der Waals surface area contributed by atoms with Gasteiger partial charge in [0.1, 0.15) is 5.84 Å². The number of nitrogens with zero attached hydrogens (tertiary/aromatic N) is 1. The van der Waals surface area contributed by atoms with Gasteiger partial charge in [-0.15, -0.1) is 0 Å². The first-order chi connectivity index (χ1) is 11.1. The van der Waals surface area contributed by atoms with Gasteiger partial charge in [-0.2, -0.15) is 0 Å². The monoisotopic (exact) mass is 337 g/mol. The molecule has 2 rings (SSSR count). The van der Waals surface area contributed by atoms with Crippen molar-refractivity contribution in [3.63, 3.8) is 0 Å². The van der Waals surface area contributed by atoms with E-state index in [4.69, 9.17) is 22.2 Å². The van der Waals surface area contributed by atoms with E-state index >= 15 is 0 Å². The number of oxime groups is 1. The summed E-state index contributed by atoms with van der Waals surface area (Å²) in [7, 11) is 0. The third kappa shape index (κ3) is 5.75. The molecule has 1 amide bonds. The number of hydrogen-bond acceptors (Lipinski definition) is 3. The Morgan fingerprint density at radius 2 is 2.13 bits per heavy atom. The molecule has 126 valence electrons. The van der Waals surface area contributed by atoms with Crippen molar-refractivity contribution in [2.24, 2.45) is 16.8 Å². The number of hydrogen-bond donors (Lipinski definition) is 2. The molecule has 1 aliphatic carbocycles. The molecule has 3 N–H and O–H groups in total. The lowest BCUT2D eigenvalue weighted by Gasteiger charge is -2.29. The van der Waals surface area contributed by atoms with E-state index in [1.54, 1.807) is 6.07 Å². The summed E-state index contributed by atoms with van der Waals surface area (Å²) in [5.74, 6) is 0.650. The lowest BCUT2D eigenvalue weighted by atomic mass is 9.86. The summed E-state index contributed by atoms with van der Waals surface area (Å²) in [6.07, 6.45) is 4.99. The highest BCUT2D eigenvalue weighted by Gasteiger charge is 2.22. The number of carbonyl (C=O) groups is 1. The zero-order valence-corrected chi connectivity index (χ0v) is 14.2. The molecule has 2 atom stereocenters. The Hall–Kier alpha value is -1.75. The summed E-state index contributed by atoms with van der Waals surface area (Å²) in [4.78, 5) is 16.9. The third-order valence-electron chi connectivity index (χ3n) is 4.16. The van der Waals surface area contributed by atoms with E-state index in [9.17, 15) is 4.79 Å². The SMILES string of the molecule is C[C@H]1CCCC[C@@H]1NC(=O)CO/N=C(\N)Cc1ccccc1Cl. The predicted molar refractivity (Wildman–Crippen MR) is 92.3 cm³/mol. The van der Waals surface area contributed by atoms with Crippen molar-refractivity contribution in [2.75, 3.05) is 6.61 Å². The van der Waals surface area contributed by atoms with Crippen LogP contribution in [-0.4, -0.2) is 24.4 Å². The Balaban J connectivity index is 1.74. The molecule has 1 aromatic rings. The van der Waals surface area contributed by atoms with Crippen LogP contribution in [0, 0.1) is 5.92 Å². The fraction of sp³-hybridized carbons (Fsp3) is 0.529. The van der Waals surface area contributed by atoms with Gasteiger partial charge in [0.05, 0.1) is 0 Å². The van der Waals surface area contributed by atoms with Crippen molar-refractivity contribution >= 4 is 23.3 Å². The summed E-state index contributed by atoms with van der Waals surface area (Å²) in [5, 5.41) is 7.43. The second-order valence-corrected chi connectivity index (χ2v) is 6.47. The molecule has 0 radical (unpaired) electrons. The van der Waals surface area contributed by atoms with Crippen LogP contribution in [0.3, 0.4) is 0 Å². The van der Waals surface area contributed by atoms with Crippen LogP contribution in [0.1, 0.15) is 38.2 Å². The van der Waals surface area contributed by atoms with E-state index in [1.807, 2.05) is 18.2 Å². The van der Waals surface area contributed by atoms with Crippen LogP contribution in [0.2, 0.25) is 5.02 Å². The second-order valence-electron chi connectivity index (χ2n) is 6.06. The largest absolute Gasteiger partial charge is 0.384 e. The third-order valence-corrected chi connectivity index (χ3v) is 4.53. The number of nitrogens with two attached hydrogens (primary N) is 1. The predicted octanol–water partition coefficient (Wildman–Crippen LogP) is 2.87. The van der Waals surface area contributed by atoms with Gasteiger partial charge in [-0.25, -0.2) is 0 Å². The van der Waals surface area contributed by atoms with Crippen molar-refractivity contribution < 1.29 is 9.63 Å². The summed E-state index contributed by atoms with van der Waals surface area (Å²) in [6, 6.07) is 7.65. The Bertz CT molecular complexity index is 563. The van der Waals surface area contributed by atoms with Crippen LogP contribution in [0.4, 0.5) is 0 Å². The highest BCUT2D eigenvalue weighted by molar-refractivity contribution is 6.31. The van der Waals surface area contributed by atoms with Crippen molar-refractivity contribution in [1.82, 2.24) is 5.32 Å². The van der Waals surface area contributed by atoms with E-state index in [0.29, 0.717) is 17.4 Å². The molecule has 6 heteroatoms. The number of amides is 1. The number of rotatable bonds is 6. The first kappa shape index (κ1) is 17.6. The smallest absolute Gasteiger partial charge is 0.261 e. The molecule has 1 fully saturated rings. The maximum atomic E-state index is 11.9. The van der Waals surface area contributed by atoms with Gasteiger partial charge in [-0.05, 0) is 30.4 Å². The van der Waals surface area contributed by atoms with Crippen LogP contribution in [0.25, 0.3) is 0 Å². The van der Waals surface area contributed by atoms with Crippen LogP contribution >= 0.6 is 11.6 Å². The highest BCUT2D eigenvalue weighted by Crippen LogP contribution is 2.23. The van der Waals surface area contributed by atoms with Gasteiger partial charge in [0, 0.05) is 17.5 Å². The molecule has 1 aromatic carbocycles. The molecule has 1 saturated carbocycles. The molecule has 0 spiro atoms. The Labute approximate surface area is 142 Å². The molecule has 1 aliphatic rings. The maximum Gasteiger partial charge on any atom is 0.261 e. The van der Waals surface area contributed by atoms with E-state index < -0.39 is 0 Å². The standard InChI is InChI=1S/C17H24ClN3O2/c1-12-6-2-5-9-15(12)20-17(22)11-23-21-16(19)10-13-7-3-4-8-14(13)18/h3-4,7-8,12,15H,2,5-6,9-11H2,1H3,(H2,19,21)(H,20,22)/t12-,15-/m0/s1. The van der Waals surface area contributed by atoms with Gasteiger partial charge in [-0.3, -0.25) is 4.79 Å². The minimum absolute atomic E-state index is 0.119. The molecular formula is C17H24ClN3O2. The molecule has 5 nitrogen and oxygen atoms in total. The number of carbonyl (C=O) groups excluding carboxylic acids is 1. The number of nitrogens with one attached hydrogen (secondary N) is 1. The Morgan fingerprint density at radius 1 is 1.39 bits per heavy atom. The van der Waals surface area contributed by atoms with Crippen molar-refractivity contribution in [2.45, 2.75) is 45.1 Å². The van der Waals surface area contributed by atoms with Gasteiger partial charge in [0.15, 0.2) is 6.61 Å². The van der Waals surface area contributed by atoms with E-state index in [-0.39, 0.29) is 24.4 Å². The molecule has 0 aliphatic heterocycles. The summed E-state index contributed by atoms with van der Waals surface area (Å²) < 4.78 is 0. The molecular weight excluding hydrogens is 314 g/mol. The summed E-state index contributed by atoms with van der Waals surface area (Å²) >= 11 is 6.06. The van der Waals surface area contributed by atoms with Crippen LogP contribution in [0.15, 0.2) is 29.4 Å². The first-order valence-corrected chi connectivity index (χ1v) is 8.41. The van der Waals surface area contributed by atoms with Gasteiger partial charge in [0.25, 0.3) is 5.91 Å². The van der Waals surface area contributed by atoms with E-state index in [1.165, 1.54) is 12.8 Å². The topological polar surface area (TPSA) is 76.7 Å². The number of benzene rings is 1. The van der Waals surface area contributed by atoms with Gasteiger partial charge < -0.3 is 15.9 Å². The lowest BCUT2D eigenvalue weighted by Crippen LogP contribution is -2.42. The Kier molecular flexibility index (Phi) is 6.71. The average Bonchev–Trinajstić information content (AvgIpc) is 2.52.